The molecule has 0 radical (unpaired) electrons. The lowest BCUT2D eigenvalue weighted by atomic mass is 10.2. The smallest absolute Gasteiger partial charge is 0.315 e. The Labute approximate surface area is 86.5 Å². The molecule has 3 nitrogen and oxygen atoms in total. The number of halogens is 1. The highest BCUT2D eigenvalue weighted by atomic mass is 35.5. The molecular formula is C10H8ClNO2. The maximum Gasteiger partial charge on any atom is 0.315 e. The van der Waals surface area contributed by atoms with Crippen LogP contribution in [0, 0.1) is 11.8 Å². The predicted molar refractivity (Wildman–Crippen MR) is 55.0 cm³/mol. The van der Waals surface area contributed by atoms with Gasteiger partial charge in [0.1, 0.15) is 6.42 Å². The lowest BCUT2D eigenvalue weighted by molar-refractivity contribution is -0.135. The largest absolute Gasteiger partial charge is 0.481 e. The van der Waals surface area contributed by atoms with Crippen molar-refractivity contribution in [2.24, 2.45) is 0 Å². The zero-order chi connectivity index (χ0) is 10.6. The van der Waals surface area contributed by atoms with E-state index in [4.69, 9.17) is 22.4 Å². The van der Waals surface area contributed by atoms with E-state index in [1.165, 1.54) is 0 Å². The maximum absolute atomic E-state index is 10.2. The SMILES string of the molecule is Nc1ccc(Cl)c(C#CCC(=O)O)c1. The van der Waals surface area contributed by atoms with Gasteiger partial charge in [0.25, 0.3) is 0 Å². The molecule has 0 unspecified atom stereocenters. The fourth-order valence-electron chi connectivity index (χ4n) is 0.854. The first kappa shape index (κ1) is 10.4. The number of carboxylic acid groups (broad SMARTS) is 1. The third-order valence-corrected chi connectivity index (χ3v) is 1.78. The van der Waals surface area contributed by atoms with Crippen molar-refractivity contribution in [1.29, 1.82) is 0 Å². The van der Waals surface area contributed by atoms with Gasteiger partial charge in [-0.25, -0.2) is 0 Å². The molecular weight excluding hydrogens is 202 g/mol. The van der Waals surface area contributed by atoms with Crippen LogP contribution in [-0.4, -0.2) is 11.1 Å². The fraction of sp³-hybridized carbons (Fsp3) is 0.100. The lowest BCUT2D eigenvalue weighted by Gasteiger charge is -1.96. The molecule has 0 aromatic heterocycles. The second kappa shape index (κ2) is 4.54. The average molecular weight is 210 g/mol. The summed E-state index contributed by atoms with van der Waals surface area (Å²) in [5, 5.41) is 8.82. The Balaban J connectivity index is 2.88. The minimum Gasteiger partial charge on any atom is -0.481 e. The molecule has 3 N–H and O–H groups in total. The van der Waals surface area contributed by atoms with Crippen molar-refractivity contribution in [1.82, 2.24) is 0 Å². The van der Waals surface area contributed by atoms with E-state index in [0.29, 0.717) is 16.3 Å². The molecule has 0 bridgehead atoms. The molecule has 0 heterocycles. The van der Waals surface area contributed by atoms with Gasteiger partial charge in [-0.1, -0.05) is 23.4 Å². The van der Waals surface area contributed by atoms with Gasteiger partial charge in [0.2, 0.25) is 0 Å². The standard InChI is InChI=1S/C10H8ClNO2/c11-9-5-4-8(12)6-7(9)2-1-3-10(13)14/h4-6H,3,12H2,(H,13,14). The van der Waals surface area contributed by atoms with Crippen LogP contribution in [0.25, 0.3) is 0 Å². The van der Waals surface area contributed by atoms with Crippen molar-refractivity contribution < 1.29 is 9.90 Å². The second-order valence-electron chi connectivity index (χ2n) is 2.61. The zero-order valence-electron chi connectivity index (χ0n) is 7.25. The van der Waals surface area contributed by atoms with E-state index in [2.05, 4.69) is 11.8 Å². The number of anilines is 1. The summed E-state index contributed by atoms with van der Waals surface area (Å²) in [5.74, 6) is 4.16. The van der Waals surface area contributed by atoms with Crippen LogP contribution in [-0.2, 0) is 4.79 Å². The van der Waals surface area contributed by atoms with Crippen LogP contribution >= 0.6 is 11.6 Å². The van der Waals surface area contributed by atoms with Crippen LogP contribution in [0.4, 0.5) is 5.69 Å². The van der Waals surface area contributed by atoms with E-state index in [1.807, 2.05) is 0 Å². The highest BCUT2D eigenvalue weighted by Crippen LogP contribution is 2.17. The molecule has 0 saturated carbocycles. The number of nitrogens with two attached hydrogens (primary N) is 1. The topological polar surface area (TPSA) is 63.3 Å². The van der Waals surface area contributed by atoms with Crippen LogP contribution in [0.5, 0.6) is 0 Å². The maximum atomic E-state index is 10.2. The third kappa shape index (κ3) is 3.00. The number of carbonyl (C=O) groups is 1. The minimum absolute atomic E-state index is 0.203. The first-order chi connectivity index (χ1) is 6.59. The number of aliphatic carboxylic acids is 1. The monoisotopic (exact) mass is 209 g/mol. The van der Waals surface area contributed by atoms with Gasteiger partial charge in [-0.2, -0.15) is 0 Å². The number of nitrogen functional groups attached to an aromatic ring is 1. The molecule has 0 aliphatic carbocycles. The van der Waals surface area contributed by atoms with E-state index in [9.17, 15) is 4.79 Å². The molecule has 4 heteroatoms. The highest BCUT2D eigenvalue weighted by Gasteiger charge is 1.96. The summed E-state index contributed by atoms with van der Waals surface area (Å²) in [6, 6.07) is 4.89. The Hall–Kier alpha value is -1.66. The summed E-state index contributed by atoms with van der Waals surface area (Å²) >= 11 is 5.81. The van der Waals surface area contributed by atoms with Crippen LogP contribution in [0.3, 0.4) is 0 Å². The van der Waals surface area contributed by atoms with Gasteiger partial charge >= 0.3 is 5.97 Å². The van der Waals surface area contributed by atoms with Gasteiger partial charge in [0.15, 0.2) is 0 Å². The lowest BCUT2D eigenvalue weighted by Crippen LogP contribution is -1.91. The van der Waals surface area contributed by atoms with Crippen LogP contribution in [0.2, 0.25) is 5.02 Å². The zero-order valence-corrected chi connectivity index (χ0v) is 8.01. The average Bonchev–Trinajstić information content (AvgIpc) is 2.10. The summed E-state index contributed by atoms with van der Waals surface area (Å²) < 4.78 is 0. The van der Waals surface area contributed by atoms with Gasteiger partial charge in [0.05, 0.1) is 5.02 Å². The first-order valence-corrected chi connectivity index (χ1v) is 4.23. The van der Waals surface area contributed by atoms with Gasteiger partial charge in [0, 0.05) is 11.3 Å². The van der Waals surface area contributed by atoms with E-state index in [0.717, 1.165) is 0 Å². The number of hydrogen-bond acceptors (Lipinski definition) is 2. The minimum atomic E-state index is -0.961. The van der Waals surface area contributed by atoms with Crippen molar-refractivity contribution >= 4 is 23.3 Å². The van der Waals surface area contributed by atoms with Gasteiger partial charge in [-0.15, -0.1) is 0 Å². The predicted octanol–water partition coefficient (Wildman–Crippen LogP) is 1.75. The Morgan fingerprint density at radius 2 is 2.29 bits per heavy atom. The summed E-state index contributed by atoms with van der Waals surface area (Å²) in [5.41, 5.74) is 6.62. The Kier molecular flexibility index (Phi) is 3.38. The van der Waals surface area contributed by atoms with Crippen molar-refractivity contribution in [3.8, 4) is 11.8 Å². The number of rotatable bonds is 1. The quantitative estimate of drug-likeness (QED) is 0.547. The Bertz CT molecular complexity index is 418. The molecule has 72 valence electrons. The first-order valence-electron chi connectivity index (χ1n) is 3.85. The number of hydrogen-bond donors (Lipinski definition) is 2. The van der Waals surface area contributed by atoms with Gasteiger partial charge in [-0.05, 0) is 18.2 Å². The van der Waals surface area contributed by atoms with Crippen LogP contribution in [0.1, 0.15) is 12.0 Å². The molecule has 0 aliphatic rings. The van der Waals surface area contributed by atoms with Gasteiger partial charge in [-0.3, -0.25) is 4.79 Å². The Morgan fingerprint density at radius 3 is 2.93 bits per heavy atom. The molecule has 1 aromatic carbocycles. The summed E-state index contributed by atoms with van der Waals surface area (Å²) in [7, 11) is 0. The van der Waals surface area contributed by atoms with Gasteiger partial charge < -0.3 is 10.8 Å². The Morgan fingerprint density at radius 1 is 1.57 bits per heavy atom. The van der Waals surface area contributed by atoms with E-state index >= 15 is 0 Å². The van der Waals surface area contributed by atoms with Crippen LogP contribution < -0.4 is 5.73 Å². The number of benzene rings is 1. The molecule has 14 heavy (non-hydrogen) atoms. The summed E-state index contributed by atoms with van der Waals surface area (Å²) in [6.45, 7) is 0. The molecule has 0 atom stereocenters. The molecule has 1 rings (SSSR count). The molecule has 0 saturated heterocycles. The molecule has 0 spiro atoms. The van der Waals surface area contributed by atoms with E-state index < -0.39 is 5.97 Å². The van der Waals surface area contributed by atoms with Crippen LogP contribution in [0.15, 0.2) is 18.2 Å². The second-order valence-corrected chi connectivity index (χ2v) is 3.02. The van der Waals surface area contributed by atoms with Crippen molar-refractivity contribution in [3.05, 3.63) is 28.8 Å². The summed E-state index contributed by atoms with van der Waals surface area (Å²) in [4.78, 5) is 10.2. The molecule has 1 aromatic rings. The van der Waals surface area contributed by atoms with Crippen molar-refractivity contribution in [2.45, 2.75) is 6.42 Å². The molecule has 0 fully saturated rings. The summed E-state index contributed by atoms with van der Waals surface area (Å²) in [6.07, 6.45) is -0.203. The van der Waals surface area contributed by atoms with E-state index in [1.54, 1.807) is 18.2 Å². The van der Waals surface area contributed by atoms with Crippen molar-refractivity contribution in [3.63, 3.8) is 0 Å². The normalized spacial score (nSPS) is 8.93. The fourth-order valence-corrected chi connectivity index (χ4v) is 1.02. The number of carboxylic acids is 1. The molecule has 0 aliphatic heterocycles. The highest BCUT2D eigenvalue weighted by molar-refractivity contribution is 6.31. The van der Waals surface area contributed by atoms with E-state index in [-0.39, 0.29) is 6.42 Å². The molecule has 0 amide bonds. The van der Waals surface area contributed by atoms with Crippen molar-refractivity contribution in [2.75, 3.05) is 5.73 Å². The third-order valence-electron chi connectivity index (χ3n) is 1.45.